The number of aliphatic hydroxyl groups excluding tert-OH is 1. The van der Waals surface area contributed by atoms with Gasteiger partial charge in [0.25, 0.3) is 6.47 Å². The van der Waals surface area contributed by atoms with Gasteiger partial charge in [0, 0.05) is 134 Å². The van der Waals surface area contributed by atoms with Crippen molar-refractivity contribution in [1.82, 2.24) is 0 Å². The van der Waals surface area contributed by atoms with E-state index in [0.29, 0.717) is 104 Å². The van der Waals surface area contributed by atoms with E-state index in [0.717, 1.165) is 89.0 Å². The van der Waals surface area contributed by atoms with Gasteiger partial charge < -0.3 is 38.3 Å². The van der Waals surface area contributed by atoms with Crippen LogP contribution in [-0.2, 0) is 54.3 Å². The number of benzene rings is 11. The van der Waals surface area contributed by atoms with Gasteiger partial charge in [0.15, 0.2) is 0 Å². The minimum Gasteiger partial charge on any atom is -1.00 e. The molecule has 2 aliphatic heterocycles. The quantitative estimate of drug-likeness (QED) is 0.00254. The van der Waals surface area contributed by atoms with E-state index >= 15 is 4.39 Å². The van der Waals surface area contributed by atoms with Crippen LogP contribution in [0.25, 0.3) is 0 Å². The van der Waals surface area contributed by atoms with E-state index in [1.54, 1.807) is 92.0 Å². The number of ether oxygens (including phenoxy) is 1. The number of nitriles is 3. The van der Waals surface area contributed by atoms with Gasteiger partial charge in [-0.3, -0.25) is 20.2 Å². The fraction of sp³-hybridized carbons (Fsp3) is 0.221. The second-order valence-corrected chi connectivity index (χ2v) is 33.4. The van der Waals surface area contributed by atoms with Crippen molar-refractivity contribution in [2.75, 3.05) is 39.4 Å². The van der Waals surface area contributed by atoms with Crippen molar-refractivity contribution >= 4 is 141 Å². The van der Waals surface area contributed by atoms with Gasteiger partial charge >= 0.3 is 103 Å². The van der Waals surface area contributed by atoms with E-state index in [4.69, 9.17) is 58.0 Å². The monoisotopic (exact) mass is 1930 g/mol. The Balaban J connectivity index is 0.000000537. The van der Waals surface area contributed by atoms with Crippen LogP contribution >= 0.6 is 112 Å². The van der Waals surface area contributed by atoms with Crippen molar-refractivity contribution in [3.05, 3.63) is 344 Å². The molecule has 0 saturated heterocycles. The second kappa shape index (κ2) is 65.5. The standard InChI is InChI=1S/C28H27FN2S2.C25H25FN2OS2.C22H15FN2S2.C8H6BrN.C6H5FS2.C2H8N2.C2H6O.CH2O3.CH4.2K.H/c29-28-26(32-18-20-8-12-22(13-9-20)24-4-2-16-30-24)6-1-7-27(28)33-19-21-10-14-23(15-11-21)25-5-3-17-31-25;1-3-29-25(28)21-13-9-19(10-14-21)16-31-23-6-4-5-22(24(23)26)30-15-18-7-11-20(12-8-18)17(2)27;23-22-20(26-14-18-8-4-16(12-24)5-9-18)2-1-3-21(22)27-15-19-10-6-17(13-25)7-11-19;9-5-7-1-3-8(6-10)4-2-7;7-6-4(8)2-1-3-5(6)9;3-1-2-4;1-2-3;2-1-4-3;;;;/h1,6-15H,2-5,16-19H2;4-14,27-28H,3,15-16H2,1-2H3;1-11H,14-15H2;1-4H,5H2;1-3,8-9H;1-4H2;3H,2H2,1H3;1,3H;1H4;;;/q;;;;;;;;;2*+1;-1/p-1. The van der Waals surface area contributed by atoms with Crippen LogP contribution in [0.3, 0.4) is 0 Å². The molecule has 14 nitrogen and oxygen atoms in total. The average molecular weight is 1940 g/mol. The molecule has 0 aliphatic carbocycles. The van der Waals surface area contributed by atoms with Crippen molar-refractivity contribution < 1.29 is 147 Å². The molecule has 13 rings (SSSR count). The molecule has 29 heteroatoms. The molecule has 7 N–H and O–H groups in total. The summed E-state index contributed by atoms with van der Waals surface area (Å²) in [4.78, 5) is 25.0. The summed E-state index contributed by atoms with van der Waals surface area (Å²) in [6.07, 6.45) is 4.45. The number of aliphatic imine (C=N–C) groups is 2. The third-order valence-corrected chi connectivity index (χ3v) is 24.9. The largest absolute Gasteiger partial charge is 1.00 e. The second-order valence-electron chi connectivity index (χ2n) is 25.7. The van der Waals surface area contributed by atoms with Crippen molar-refractivity contribution in [2.24, 2.45) is 21.5 Å². The van der Waals surface area contributed by atoms with E-state index in [2.05, 4.69) is 123 Å². The summed E-state index contributed by atoms with van der Waals surface area (Å²) in [5.74, 6) is 3.44. The number of halogens is 5. The van der Waals surface area contributed by atoms with Crippen LogP contribution in [-0.4, -0.2) is 74.0 Å². The maximum Gasteiger partial charge on any atom is 1.00 e. The number of hydrogen-bond acceptors (Lipinski definition) is 22. The Morgan fingerprint density at radius 1 is 0.484 bits per heavy atom. The molecule has 2 heterocycles. The van der Waals surface area contributed by atoms with Gasteiger partial charge in [-0.2, -0.15) is 15.8 Å². The molecule has 0 unspecified atom stereocenters. The molecular formula is C95H98BrF4K2N9O5S8. The summed E-state index contributed by atoms with van der Waals surface area (Å²) < 4.78 is 62.7. The Labute approximate surface area is 858 Å². The smallest absolute Gasteiger partial charge is 1.00 e. The Kier molecular flexibility index (Phi) is 59.2. The summed E-state index contributed by atoms with van der Waals surface area (Å²) >= 11 is 20.0. The number of thioether (sulfide) groups is 6. The molecule has 638 valence electrons. The maximum atomic E-state index is 15.1. The third kappa shape index (κ3) is 41.2. The summed E-state index contributed by atoms with van der Waals surface area (Å²) in [6, 6.07) is 82.6. The first-order valence-corrected chi connectivity index (χ1v) is 45.9. The molecular weight excluding hydrogens is 1840 g/mol. The first-order chi connectivity index (χ1) is 58.7. The van der Waals surface area contributed by atoms with Crippen LogP contribution in [0.5, 0.6) is 0 Å². The summed E-state index contributed by atoms with van der Waals surface area (Å²) in [5, 5.41) is 58.5. The number of hydrogen-bond donors (Lipinski definition) is 7. The van der Waals surface area contributed by atoms with Crippen molar-refractivity contribution in [1.29, 1.82) is 26.6 Å². The SMILES string of the molecule is C.CCO.CCOC(=N)c1ccc(CSc2cccc(SCc3ccc(C(C)=N)cc3)c2F)cc1.Fc1c(S)cccc1S.Fc1c(SCc2ccc(C3=NCCC3)cc2)cccc1SCc1ccc(C2=NCCC2)cc1.N#Cc1ccc(CBr)cc1.N#Cc1ccc(CSc2cccc(SCc3ccc(C#N)cc3)c2F)cc1.NCCN.O=CO[O-].[H-].[K+].[K+]. The fourth-order valence-corrected chi connectivity index (χ4v) is 17.2. The van der Waals surface area contributed by atoms with E-state index in [9.17, 15) is 13.2 Å². The molecule has 0 amide bonds. The molecule has 0 aromatic heterocycles. The van der Waals surface area contributed by atoms with Gasteiger partial charge in [-0.15, -0.1) is 95.8 Å². The van der Waals surface area contributed by atoms with Crippen LogP contribution in [0.4, 0.5) is 17.6 Å². The normalized spacial score (nSPS) is 11.0. The predicted octanol–water partition coefficient (Wildman–Crippen LogP) is 17.8. The van der Waals surface area contributed by atoms with E-state index < -0.39 is 0 Å². The van der Waals surface area contributed by atoms with Gasteiger partial charge in [0.05, 0.1) is 41.5 Å². The van der Waals surface area contributed by atoms with Crippen LogP contribution in [0.15, 0.2) is 292 Å². The zero-order valence-corrected chi connectivity index (χ0v) is 83.4. The molecule has 0 bridgehead atoms. The molecule has 124 heavy (non-hydrogen) atoms. The summed E-state index contributed by atoms with van der Waals surface area (Å²) in [7, 11) is 0. The van der Waals surface area contributed by atoms with Crippen molar-refractivity contribution in [3.63, 3.8) is 0 Å². The average Bonchev–Trinajstić information content (AvgIpc) is 1.32. The molecule has 0 spiro atoms. The van der Waals surface area contributed by atoms with E-state index in [1.165, 1.54) is 86.3 Å². The van der Waals surface area contributed by atoms with E-state index in [1.807, 2.05) is 146 Å². The number of nitrogens with two attached hydrogens (primary N) is 2. The number of nitrogens with zero attached hydrogens (tertiary/aromatic N) is 5. The van der Waals surface area contributed by atoms with Crippen LogP contribution < -0.4 is 119 Å². The number of nitrogens with one attached hydrogen (secondary N) is 2. The van der Waals surface area contributed by atoms with Crippen molar-refractivity contribution in [2.45, 2.75) is 133 Å². The third-order valence-electron chi connectivity index (χ3n) is 16.9. The number of thiol groups is 2. The number of rotatable bonds is 26. The number of aliphatic hydroxyl groups is 1. The first kappa shape index (κ1) is 112. The topological polar surface area (TPSA) is 275 Å². The molecule has 0 saturated carbocycles. The number of carbonyl (C=O) groups is 1. The van der Waals surface area contributed by atoms with E-state index in [-0.39, 0.29) is 154 Å². The Morgan fingerprint density at radius 2 is 0.742 bits per heavy atom. The van der Waals surface area contributed by atoms with Gasteiger partial charge in [-0.05, 0) is 199 Å². The zero-order valence-electron chi connectivity index (χ0n) is 69.9. The Morgan fingerprint density at radius 3 is 0.968 bits per heavy atom. The fourth-order valence-electron chi connectivity index (χ4n) is 10.6. The maximum absolute atomic E-state index is 15.1. The summed E-state index contributed by atoms with van der Waals surface area (Å²) in [6.45, 7) is 8.93. The predicted molar refractivity (Wildman–Crippen MR) is 507 cm³/mol. The zero-order chi connectivity index (χ0) is 87.5. The van der Waals surface area contributed by atoms with Gasteiger partial charge in [0.1, 0.15) is 23.3 Å². The van der Waals surface area contributed by atoms with Gasteiger partial charge in [0.2, 0.25) is 5.90 Å². The minimum absolute atomic E-state index is 0. The minimum atomic E-state index is -0.357. The molecule has 2 aliphatic rings. The molecule has 0 atom stereocenters. The Hall–Kier alpha value is -6.05. The van der Waals surface area contributed by atoms with Gasteiger partial charge in [-0.1, -0.05) is 169 Å². The molecule has 0 radical (unpaired) electrons. The number of alkyl halides is 1. The van der Waals surface area contributed by atoms with Crippen LogP contribution in [0.2, 0.25) is 0 Å². The summed E-state index contributed by atoms with van der Waals surface area (Å²) in [5.41, 5.74) is 26.7. The molecule has 0 fully saturated rings. The molecule has 11 aromatic rings. The van der Waals surface area contributed by atoms with Crippen LogP contribution in [0, 0.1) is 68.1 Å². The van der Waals surface area contributed by atoms with Gasteiger partial charge in [-0.25, -0.2) is 17.6 Å². The van der Waals surface area contributed by atoms with Crippen LogP contribution in [0.1, 0.15) is 133 Å². The number of carbonyl (C=O) groups excluding carboxylic acids is 1. The molecule has 11 aromatic carbocycles. The first-order valence-electron chi connectivity index (χ1n) is 38.0. The Bertz CT molecular complexity index is 5050. The van der Waals surface area contributed by atoms with Crippen molar-refractivity contribution in [3.8, 4) is 18.2 Å².